The van der Waals surface area contributed by atoms with E-state index in [0.717, 1.165) is 29.9 Å². The van der Waals surface area contributed by atoms with Crippen molar-refractivity contribution in [1.29, 1.82) is 0 Å². The van der Waals surface area contributed by atoms with Crippen molar-refractivity contribution in [2.45, 2.75) is 25.8 Å². The minimum Gasteiger partial charge on any atom is -0.490 e. The molecule has 1 aromatic carbocycles. The Morgan fingerprint density at radius 3 is 2.86 bits per heavy atom. The second-order valence-electron chi connectivity index (χ2n) is 5.12. The van der Waals surface area contributed by atoms with Gasteiger partial charge in [0.15, 0.2) is 17.3 Å². The summed E-state index contributed by atoms with van der Waals surface area (Å²) in [4.78, 5) is 4.43. The summed E-state index contributed by atoms with van der Waals surface area (Å²) in [6.07, 6.45) is 1.61. The molecule has 1 aromatic heterocycles. The highest BCUT2D eigenvalue weighted by Gasteiger charge is 2.15. The first-order valence-electron chi connectivity index (χ1n) is 7.16. The molecule has 1 unspecified atom stereocenters. The number of fused-ring (bicyclic) bond motifs is 1. The molecule has 0 radical (unpaired) electrons. The van der Waals surface area contributed by atoms with E-state index in [4.69, 9.17) is 14.0 Å². The maximum absolute atomic E-state index is 5.67. The lowest BCUT2D eigenvalue weighted by Crippen LogP contribution is -2.24. The quantitative estimate of drug-likeness (QED) is 0.929. The summed E-state index contributed by atoms with van der Waals surface area (Å²) >= 11 is 0. The van der Waals surface area contributed by atoms with E-state index in [1.54, 1.807) is 0 Å². The van der Waals surface area contributed by atoms with E-state index in [-0.39, 0.29) is 0 Å². The molecule has 0 saturated carbocycles. The molecule has 1 atom stereocenters. The van der Waals surface area contributed by atoms with Crippen LogP contribution in [0.3, 0.4) is 0 Å². The van der Waals surface area contributed by atoms with Crippen LogP contribution in [-0.2, 0) is 6.42 Å². The molecule has 1 N–H and O–H groups in total. The summed E-state index contributed by atoms with van der Waals surface area (Å²) in [6, 6.07) is 5.99. The Hall–Kier alpha value is -2.08. The molecule has 0 amide bonds. The third-order valence-electron chi connectivity index (χ3n) is 3.44. The van der Waals surface area contributed by atoms with Gasteiger partial charge in [0.05, 0.1) is 13.2 Å². The molecule has 112 valence electrons. The number of nitrogens with one attached hydrogen (secondary N) is 1. The molecular weight excluding hydrogens is 270 g/mol. The summed E-state index contributed by atoms with van der Waals surface area (Å²) in [5.41, 5.74) is 0.843. The first-order valence-corrected chi connectivity index (χ1v) is 7.16. The highest BCUT2D eigenvalue weighted by Crippen LogP contribution is 2.33. The number of likely N-dealkylation sites (N-methyl/N-ethyl adjacent to an activating group) is 1. The van der Waals surface area contributed by atoms with Crippen molar-refractivity contribution in [2.75, 3.05) is 20.3 Å². The summed E-state index contributed by atoms with van der Waals surface area (Å²) in [6.45, 7) is 3.41. The average molecular weight is 289 g/mol. The Balaban J connectivity index is 1.82. The van der Waals surface area contributed by atoms with Crippen molar-refractivity contribution in [3.63, 3.8) is 0 Å². The fraction of sp³-hybridized carbons (Fsp3) is 0.467. The average Bonchev–Trinajstić information content (AvgIpc) is 2.83. The first kappa shape index (κ1) is 13.9. The Morgan fingerprint density at radius 2 is 2.05 bits per heavy atom. The summed E-state index contributed by atoms with van der Waals surface area (Å²) < 4.78 is 16.6. The molecule has 0 saturated heterocycles. The van der Waals surface area contributed by atoms with Gasteiger partial charge >= 0.3 is 0 Å². The molecule has 2 heterocycles. The van der Waals surface area contributed by atoms with Crippen LogP contribution in [0.4, 0.5) is 0 Å². The lowest BCUT2D eigenvalue weighted by molar-refractivity contribution is 0.297. The summed E-state index contributed by atoms with van der Waals surface area (Å²) in [5, 5.41) is 7.17. The van der Waals surface area contributed by atoms with Crippen LogP contribution < -0.4 is 14.8 Å². The predicted molar refractivity (Wildman–Crippen MR) is 77.6 cm³/mol. The Bertz CT molecular complexity index is 612. The fourth-order valence-corrected chi connectivity index (χ4v) is 2.13. The lowest BCUT2D eigenvalue weighted by atomic mass is 10.2. The highest BCUT2D eigenvalue weighted by atomic mass is 16.5. The number of nitrogens with zero attached hydrogens (tertiary/aromatic N) is 2. The standard InChI is InChI=1S/C15H19N3O3/c1-10(16-2)8-14-17-15(21-18-14)11-4-5-12-13(9-11)20-7-3-6-19-12/h4-5,9-10,16H,3,6-8H2,1-2H3. The zero-order valence-corrected chi connectivity index (χ0v) is 12.3. The van der Waals surface area contributed by atoms with Crippen molar-refractivity contribution in [2.24, 2.45) is 0 Å². The van der Waals surface area contributed by atoms with Gasteiger partial charge < -0.3 is 19.3 Å². The molecule has 0 fully saturated rings. The van der Waals surface area contributed by atoms with E-state index < -0.39 is 0 Å². The van der Waals surface area contributed by atoms with Crippen LogP contribution in [0.5, 0.6) is 11.5 Å². The van der Waals surface area contributed by atoms with E-state index in [1.807, 2.05) is 25.2 Å². The minimum atomic E-state index is 0.305. The third kappa shape index (κ3) is 3.16. The molecule has 6 nitrogen and oxygen atoms in total. The number of benzene rings is 1. The molecule has 21 heavy (non-hydrogen) atoms. The molecule has 2 aromatic rings. The molecule has 3 rings (SSSR count). The maximum atomic E-state index is 5.67. The maximum Gasteiger partial charge on any atom is 0.258 e. The SMILES string of the molecule is CNC(C)Cc1noc(-c2ccc3c(c2)OCCCO3)n1. The molecule has 0 spiro atoms. The van der Waals surface area contributed by atoms with E-state index >= 15 is 0 Å². The largest absolute Gasteiger partial charge is 0.490 e. The Kier molecular flexibility index (Phi) is 4.06. The van der Waals surface area contributed by atoms with Crippen LogP contribution in [0.15, 0.2) is 22.7 Å². The highest BCUT2D eigenvalue weighted by molar-refractivity contribution is 5.59. The van der Waals surface area contributed by atoms with Gasteiger partial charge in [-0.05, 0) is 32.2 Å². The van der Waals surface area contributed by atoms with Gasteiger partial charge in [-0.15, -0.1) is 0 Å². The predicted octanol–water partition coefficient (Wildman–Crippen LogP) is 2.05. The van der Waals surface area contributed by atoms with Crippen molar-refractivity contribution in [3.05, 3.63) is 24.0 Å². The summed E-state index contributed by atoms with van der Waals surface area (Å²) in [5.74, 6) is 2.69. The first-order chi connectivity index (χ1) is 10.3. The van der Waals surface area contributed by atoms with Gasteiger partial charge in [-0.3, -0.25) is 0 Å². The van der Waals surface area contributed by atoms with Crippen LogP contribution in [0.2, 0.25) is 0 Å². The van der Waals surface area contributed by atoms with Crippen molar-refractivity contribution >= 4 is 0 Å². The number of hydrogen-bond acceptors (Lipinski definition) is 6. The molecule has 0 bridgehead atoms. The van der Waals surface area contributed by atoms with E-state index in [1.165, 1.54) is 0 Å². The number of aromatic nitrogens is 2. The zero-order valence-electron chi connectivity index (χ0n) is 12.3. The molecule has 1 aliphatic heterocycles. The van der Waals surface area contributed by atoms with Crippen LogP contribution in [0.1, 0.15) is 19.2 Å². The zero-order chi connectivity index (χ0) is 14.7. The molecular formula is C15H19N3O3. The van der Waals surface area contributed by atoms with Gasteiger partial charge in [0.1, 0.15) is 0 Å². The minimum absolute atomic E-state index is 0.305. The van der Waals surface area contributed by atoms with E-state index in [9.17, 15) is 0 Å². The van der Waals surface area contributed by atoms with E-state index in [2.05, 4.69) is 22.4 Å². The van der Waals surface area contributed by atoms with Gasteiger partial charge in [0, 0.05) is 24.4 Å². The Morgan fingerprint density at radius 1 is 1.24 bits per heavy atom. The number of rotatable bonds is 4. The second kappa shape index (κ2) is 6.13. The molecule has 6 heteroatoms. The number of hydrogen-bond donors (Lipinski definition) is 1. The van der Waals surface area contributed by atoms with Gasteiger partial charge in [-0.1, -0.05) is 5.16 Å². The third-order valence-corrected chi connectivity index (χ3v) is 3.44. The van der Waals surface area contributed by atoms with Crippen molar-refractivity contribution in [1.82, 2.24) is 15.5 Å². The van der Waals surface area contributed by atoms with E-state index in [0.29, 0.717) is 31.0 Å². The molecule has 1 aliphatic rings. The Labute approximate surface area is 123 Å². The topological polar surface area (TPSA) is 69.4 Å². The van der Waals surface area contributed by atoms with Crippen LogP contribution in [0, 0.1) is 0 Å². The van der Waals surface area contributed by atoms with Crippen LogP contribution in [0.25, 0.3) is 11.5 Å². The molecule has 0 aliphatic carbocycles. The monoisotopic (exact) mass is 289 g/mol. The fourth-order valence-electron chi connectivity index (χ4n) is 2.13. The second-order valence-corrected chi connectivity index (χ2v) is 5.12. The lowest BCUT2D eigenvalue weighted by Gasteiger charge is -2.07. The summed E-state index contributed by atoms with van der Waals surface area (Å²) in [7, 11) is 1.91. The van der Waals surface area contributed by atoms with Crippen molar-refractivity contribution in [3.8, 4) is 23.0 Å². The van der Waals surface area contributed by atoms with Gasteiger partial charge in [0.2, 0.25) is 0 Å². The van der Waals surface area contributed by atoms with Crippen molar-refractivity contribution < 1.29 is 14.0 Å². The smallest absolute Gasteiger partial charge is 0.258 e. The van der Waals surface area contributed by atoms with Crippen LogP contribution >= 0.6 is 0 Å². The van der Waals surface area contributed by atoms with Gasteiger partial charge in [0.25, 0.3) is 5.89 Å². The normalized spacial score (nSPS) is 15.5. The van der Waals surface area contributed by atoms with Crippen LogP contribution in [-0.4, -0.2) is 36.4 Å². The van der Waals surface area contributed by atoms with Gasteiger partial charge in [-0.2, -0.15) is 4.98 Å². The number of ether oxygens (including phenoxy) is 2. The van der Waals surface area contributed by atoms with Gasteiger partial charge in [-0.25, -0.2) is 0 Å².